The van der Waals surface area contributed by atoms with Crippen molar-refractivity contribution in [1.29, 1.82) is 0 Å². The molecule has 0 radical (unpaired) electrons. The molecule has 1 aromatic heterocycles. The van der Waals surface area contributed by atoms with E-state index in [1.807, 2.05) is 0 Å². The molecule has 3 nitrogen and oxygen atoms in total. The fourth-order valence-electron chi connectivity index (χ4n) is 1.23. The average Bonchev–Trinajstić information content (AvgIpc) is 2.59. The first-order valence-electron chi connectivity index (χ1n) is 3.46. The molecule has 5 heteroatoms. The minimum atomic E-state index is 0. The van der Waals surface area contributed by atoms with E-state index in [-0.39, 0.29) is 12.4 Å². The van der Waals surface area contributed by atoms with Gasteiger partial charge in [-0.05, 0) is 19.4 Å². The molecule has 62 valence electrons. The standard InChI is InChI=1S/C6H9N3S.ClH/c1-2-5(7-3-1)6-9-8-4-10-6;/h4-5,7H,1-3H2;1H/t5-;/m0./s1. The summed E-state index contributed by atoms with van der Waals surface area (Å²) >= 11 is 1.64. The van der Waals surface area contributed by atoms with Crippen LogP contribution in [-0.4, -0.2) is 16.7 Å². The Bertz CT molecular complexity index is 196. The number of aromatic nitrogens is 2. The van der Waals surface area contributed by atoms with Gasteiger partial charge in [0, 0.05) is 0 Å². The van der Waals surface area contributed by atoms with E-state index in [0.717, 1.165) is 11.6 Å². The fourth-order valence-corrected chi connectivity index (χ4v) is 1.89. The Kier molecular flexibility index (Phi) is 3.23. The van der Waals surface area contributed by atoms with E-state index in [9.17, 15) is 0 Å². The van der Waals surface area contributed by atoms with Crippen molar-refractivity contribution in [2.24, 2.45) is 0 Å². The largest absolute Gasteiger partial charge is 0.308 e. The van der Waals surface area contributed by atoms with E-state index in [1.54, 1.807) is 16.8 Å². The van der Waals surface area contributed by atoms with Gasteiger partial charge in [-0.3, -0.25) is 0 Å². The maximum Gasteiger partial charge on any atom is 0.134 e. The lowest BCUT2D eigenvalue weighted by Gasteiger charge is -2.02. The molecule has 0 bridgehead atoms. The predicted molar refractivity (Wildman–Crippen MR) is 47.1 cm³/mol. The number of nitrogens with zero attached hydrogens (tertiary/aromatic N) is 2. The molecule has 1 saturated heterocycles. The van der Waals surface area contributed by atoms with Gasteiger partial charge in [0.2, 0.25) is 0 Å². The zero-order valence-electron chi connectivity index (χ0n) is 5.99. The highest BCUT2D eigenvalue weighted by molar-refractivity contribution is 7.09. The summed E-state index contributed by atoms with van der Waals surface area (Å²) in [5.41, 5.74) is 1.79. The second-order valence-corrected chi connectivity index (χ2v) is 3.29. The zero-order chi connectivity index (χ0) is 6.81. The normalized spacial score (nSPS) is 23.1. The molecule has 1 aliphatic heterocycles. The number of hydrogen-bond donors (Lipinski definition) is 1. The van der Waals surface area contributed by atoms with Crippen molar-refractivity contribution in [3.05, 3.63) is 10.5 Å². The van der Waals surface area contributed by atoms with E-state index in [0.29, 0.717) is 6.04 Å². The topological polar surface area (TPSA) is 37.8 Å². The van der Waals surface area contributed by atoms with E-state index in [1.165, 1.54) is 12.8 Å². The third-order valence-corrected chi connectivity index (χ3v) is 2.54. The minimum absolute atomic E-state index is 0. The van der Waals surface area contributed by atoms with Gasteiger partial charge in [0.1, 0.15) is 10.5 Å². The van der Waals surface area contributed by atoms with Gasteiger partial charge >= 0.3 is 0 Å². The van der Waals surface area contributed by atoms with Crippen molar-refractivity contribution in [2.45, 2.75) is 18.9 Å². The zero-order valence-corrected chi connectivity index (χ0v) is 7.62. The number of hydrogen-bond acceptors (Lipinski definition) is 4. The monoisotopic (exact) mass is 191 g/mol. The Morgan fingerprint density at radius 2 is 2.55 bits per heavy atom. The van der Waals surface area contributed by atoms with Gasteiger partial charge < -0.3 is 5.32 Å². The second-order valence-electron chi connectivity index (χ2n) is 2.43. The molecule has 0 unspecified atom stereocenters. The SMILES string of the molecule is Cl.c1nnc([C@@H]2CCCN2)s1. The molecule has 0 aromatic carbocycles. The summed E-state index contributed by atoms with van der Waals surface area (Å²) in [6.45, 7) is 1.13. The smallest absolute Gasteiger partial charge is 0.134 e. The first-order chi connectivity index (χ1) is 4.97. The maximum atomic E-state index is 4.00. The maximum absolute atomic E-state index is 4.00. The number of halogens is 1. The van der Waals surface area contributed by atoms with Gasteiger partial charge in [-0.1, -0.05) is 0 Å². The molecular formula is C6H10ClN3S. The second kappa shape index (κ2) is 3.99. The summed E-state index contributed by atoms with van der Waals surface area (Å²) in [5, 5.41) is 12.3. The Balaban J connectivity index is 0.000000605. The highest BCUT2D eigenvalue weighted by Crippen LogP contribution is 2.23. The molecule has 0 saturated carbocycles. The predicted octanol–water partition coefficient (Wildman–Crippen LogP) is 1.38. The number of rotatable bonds is 1. The summed E-state index contributed by atoms with van der Waals surface area (Å²) < 4.78 is 0. The molecule has 0 aliphatic carbocycles. The Morgan fingerprint density at radius 1 is 1.64 bits per heavy atom. The Morgan fingerprint density at radius 3 is 3.09 bits per heavy atom. The van der Waals surface area contributed by atoms with Crippen molar-refractivity contribution < 1.29 is 0 Å². The Hall–Kier alpha value is -0.190. The van der Waals surface area contributed by atoms with Gasteiger partial charge in [-0.2, -0.15) is 0 Å². The van der Waals surface area contributed by atoms with Gasteiger partial charge in [-0.15, -0.1) is 33.9 Å². The Labute approximate surface area is 75.6 Å². The average molecular weight is 192 g/mol. The van der Waals surface area contributed by atoms with Crippen LogP contribution >= 0.6 is 23.7 Å². The summed E-state index contributed by atoms with van der Waals surface area (Å²) in [4.78, 5) is 0. The van der Waals surface area contributed by atoms with Crippen LogP contribution in [-0.2, 0) is 0 Å². The lowest BCUT2D eigenvalue weighted by Crippen LogP contribution is -2.12. The van der Waals surface area contributed by atoms with Crippen LogP contribution in [0.1, 0.15) is 23.9 Å². The molecule has 2 heterocycles. The van der Waals surface area contributed by atoms with Crippen LogP contribution in [0.2, 0.25) is 0 Å². The van der Waals surface area contributed by atoms with Gasteiger partial charge in [0.05, 0.1) is 6.04 Å². The van der Waals surface area contributed by atoms with E-state index < -0.39 is 0 Å². The van der Waals surface area contributed by atoms with Crippen LogP contribution in [0.15, 0.2) is 5.51 Å². The van der Waals surface area contributed by atoms with Gasteiger partial charge in [-0.25, -0.2) is 0 Å². The highest BCUT2D eigenvalue weighted by atomic mass is 35.5. The van der Waals surface area contributed by atoms with Crippen LogP contribution in [0, 0.1) is 0 Å². The molecule has 1 N–H and O–H groups in total. The number of nitrogens with one attached hydrogen (secondary N) is 1. The molecule has 0 spiro atoms. The van der Waals surface area contributed by atoms with Gasteiger partial charge in [0.15, 0.2) is 0 Å². The summed E-state index contributed by atoms with van der Waals surface area (Å²) in [5.74, 6) is 0. The molecule has 1 aliphatic rings. The summed E-state index contributed by atoms with van der Waals surface area (Å²) in [6, 6.07) is 0.493. The van der Waals surface area contributed by atoms with Gasteiger partial charge in [0.25, 0.3) is 0 Å². The third-order valence-electron chi connectivity index (χ3n) is 1.74. The van der Waals surface area contributed by atoms with Crippen LogP contribution in [0.25, 0.3) is 0 Å². The van der Waals surface area contributed by atoms with Crippen molar-refractivity contribution in [2.75, 3.05) is 6.54 Å². The fraction of sp³-hybridized carbons (Fsp3) is 0.667. The molecule has 1 aromatic rings. The first kappa shape index (κ1) is 8.90. The molecule has 1 atom stereocenters. The first-order valence-corrected chi connectivity index (χ1v) is 4.34. The quantitative estimate of drug-likeness (QED) is 0.729. The van der Waals surface area contributed by atoms with E-state index >= 15 is 0 Å². The van der Waals surface area contributed by atoms with Crippen molar-refractivity contribution in [3.8, 4) is 0 Å². The molecular weight excluding hydrogens is 182 g/mol. The molecule has 2 rings (SSSR count). The van der Waals surface area contributed by atoms with Crippen LogP contribution < -0.4 is 5.32 Å². The van der Waals surface area contributed by atoms with Crippen LogP contribution in [0.4, 0.5) is 0 Å². The van der Waals surface area contributed by atoms with Crippen molar-refractivity contribution >= 4 is 23.7 Å². The lowest BCUT2D eigenvalue weighted by molar-refractivity contribution is 0.635. The summed E-state index contributed by atoms with van der Waals surface area (Å²) in [6.07, 6.45) is 2.49. The lowest BCUT2D eigenvalue weighted by atomic mass is 10.2. The van der Waals surface area contributed by atoms with Crippen molar-refractivity contribution in [3.63, 3.8) is 0 Å². The summed E-state index contributed by atoms with van der Waals surface area (Å²) in [7, 11) is 0. The van der Waals surface area contributed by atoms with Crippen molar-refractivity contribution in [1.82, 2.24) is 15.5 Å². The minimum Gasteiger partial charge on any atom is -0.308 e. The van der Waals surface area contributed by atoms with Crippen LogP contribution in [0.5, 0.6) is 0 Å². The van der Waals surface area contributed by atoms with Crippen LogP contribution in [0.3, 0.4) is 0 Å². The third kappa shape index (κ3) is 1.89. The molecule has 1 fully saturated rings. The highest BCUT2D eigenvalue weighted by Gasteiger charge is 2.18. The molecule has 11 heavy (non-hydrogen) atoms. The van der Waals surface area contributed by atoms with E-state index in [4.69, 9.17) is 0 Å². The van der Waals surface area contributed by atoms with E-state index in [2.05, 4.69) is 15.5 Å². The molecule has 0 amide bonds.